The molecular weight excluding hydrogens is 333 g/mol. The number of carboxylic acid groups (broad SMARTS) is 1. The molecule has 2 heterocycles. The lowest BCUT2D eigenvalue weighted by Gasteiger charge is -2.29. The van der Waals surface area contributed by atoms with Crippen molar-refractivity contribution in [2.24, 2.45) is 0 Å². The second-order valence-electron chi connectivity index (χ2n) is 5.61. The molecule has 24 heavy (non-hydrogen) atoms. The van der Waals surface area contributed by atoms with Crippen LogP contribution in [0.5, 0.6) is 0 Å². The van der Waals surface area contributed by atoms with Crippen molar-refractivity contribution < 1.29 is 23.8 Å². The lowest BCUT2D eigenvalue weighted by atomic mass is 9.92. The first kappa shape index (κ1) is 16.4. The van der Waals surface area contributed by atoms with Crippen LogP contribution in [0, 0.1) is 0 Å². The number of ether oxygens (including phenoxy) is 1. The van der Waals surface area contributed by atoms with Gasteiger partial charge < -0.3 is 14.7 Å². The van der Waals surface area contributed by atoms with Gasteiger partial charge in [0, 0.05) is 17.5 Å². The van der Waals surface area contributed by atoms with Crippen LogP contribution in [-0.4, -0.2) is 35.0 Å². The Balaban J connectivity index is 2.07. The zero-order valence-electron chi connectivity index (χ0n) is 13.2. The van der Waals surface area contributed by atoms with Gasteiger partial charge in [-0.2, -0.15) is 11.3 Å². The van der Waals surface area contributed by atoms with E-state index in [9.17, 15) is 19.1 Å². The van der Waals surface area contributed by atoms with Crippen molar-refractivity contribution in [1.29, 1.82) is 0 Å². The van der Waals surface area contributed by atoms with Crippen molar-refractivity contribution in [3.63, 3.8) is 0 Å². The third-order valence-corrected chi connectivity index (χ3v) is 4.96. The first-order chi connectivity index (χ1) is 11.4. The van der Waals surface area contributed by atoms with Gasteiger partial charge in [0.15, 0.2) is 5.76 Å². The number of aliphatic carboxylic acids is 1. The van der Waals surface area contributed by atoms with Gasteiger partial charge >= 0.3 is 5.97 Å². The SMILES string of the molecule is COC1=C(F)CC2C(=C1)C(CC(=O)O)=C(C)N2C(=O)c1ccsc1. The predicted molar refractivity (Wildman–Crippen MR) is 87.1 cm³/mol. The van der Waals surface area contributed by atoms with E-state index < -0.39 is 17.8 Å². The molecule has 1 atom stereocenters. The van der Waals surface area contributed by atoms with Crippen molar-refractivity contribution in [2.45, 2.75) is 25.8 Å². The van der Waals surface area contributed by atoms with Crippen LogP contribution in [0.15, 0.2) is 51.3 Å². The fraction of sp³-hybridized carbons (Fsp3) is 0.294. The molecule has 126 valence electrons. The third-order valence-electron chi connectivity index (χ3n) is 4.28. The Morgan fingerprint density at radius 3 is 2.83 bits per heavy atom. The van der Waals surface area contributed by atoms with E-state index in [0.717, 1.165) is 0 Å². The van der Waals surface area contributed by atoms with Gasteiger partial charge in [0.1, 0.15) is 5.83 Å². The quantitative estimate of drug-likeness (QED) is 0.904. The molecule has 1 aromatic heterocycles. The maximum atomic E-state index is 14.2. The number of rotatable bonds is 4. The number of nitrogens with zero attached hydrogens (tertiary/aromatic N) is 1. The first-order valence-corrected chi connectivity index (χ1v) is 8.30. The van der Waals surface area contributed by atoms with Gasteiger partial charge in [-0.1, -0.05) is 0 Å². The number of fused-ring (bicyclic) bond motifs is 1. The lowest BCUT2D eigenvalue weighted by Crippen LogP contribution is -2.37. The Morgan fingerprint density at radius 2 is 2.25 bits per heavy atom. The van der Waals surface area contributed by atoms with E-state index in [1.807, 2.05) is 0 Å². The van der Waals surface area contributed by atoms with E-state index in [1.54, 1.807) is 23.8 Å². The van der Waals surface area contributed by atoms with Gasteiger partial charge in [-0.25, -0.2) is 4.39 Å². The molecule has 1 unspecified atom stereocenters. The molecule has 1 amide bonds. The zero-order chi connectivity index (χ0) is 17.4. The molecular formula is C17H16FNO4S. The first-order valence-electron chi connectivity index (χ1n) is 7.36. The van der Waals surface area contributed by atoms with E-state index in [0.29, 0.717) is 22.4 Å². The van der Waals surface area contributed by atoms with Gasteiger partial charge in [-0.3, -0.25) is 9.59 Å². The molecule has 5 nitrogen and oxygen atoms in total. The molecule has 1 N–H and O–H groups in total. The summed E-state index contributed by atoms with van der Waals surface area (Å²) in [4.78, 5) is 25.5. The molecule has 1 aliphatic heterocycles. The van der Waals surface area contributed by atoms with Gasteiger partial charge in [0.25, 0.3) is 5.91 Å². The minimum absolute atomic E-state index is 0.0225. The second kappa shape index (κ2) is 6.24. The Hall–Kier alpha value is -2.41. The third kappa shape index (κ3) is 2.65. The highest BCUT2D eigenvalue weighted by molar-refractivity contribution is 7.08. The smallest absolute Gasteiger partial charge is 0.307 e. The number of carbonyl (C=O) groups is 2. The molecule has 0 saturated carbocycles. The zero-order valence-corrected chi connectivity index (χ0v) is 14.0. The molecule has 0 fully saturated rings. The highest BCUT2D eigenvalue weighted by atomic mass is 32.1. The molecule has 1 aliphatic carbocycles. The lowest BCUT2D eigenvalue weighted by molar-refractivity contribution is -0.136. The standard InChI is InChI=1S/C17H16FNO4S/c1-9-11(6-16(20)21)12-5-15(23-2)13(18)7-14(12)19(9)17(22)10-3-4-24-8-10/h3-5,8,14H,6-7H2,1-2H3,(H,20,21). The Kier molecular flexibility index (Phi) is 4.28. The van der Waals surface area contributed by atoms with Crippen molar-refractivity contribution in [1.82, 2.24) is 4.90 Å². The highest BCUT2D eigenvalue weighted by Gasteiger charge is 2.41. The summed E-state index contributed by atoms with van der Waals surface area (Å²) in [5.74, 6) is -1.61. The molecule has 0 aromatic carbocycles. The number of allylic oxidation sites excluding steroid dienone is 2. The van der Waals surface area contributed by atoms with Crippen LogP contribution in [0.25, 0.3) is 0 Å². The van der Waals surface area contributed by atoms with Gasteiger partial charge in [-0.05, 0) is 35.6 Å². The van der Waals surface area contributed by atoms with Crippen LogP contribution < -0.4 is 0 Å². The molecule has 0 saturated heterocycles. The van der Waals surface area contributed by atoms with Crippen LogP contribution in [0.1, 0.15) is 30.1 Å². The van der Waals surface area contributed by atoms with Crippen LogP contribution in [0.4, 0.5) is 4.39 Å². The fourth-order valence-electron chi connectivity index (χ4n) is 3.17. The summed E-state index contributed by atoms with van der Waals surface area (Å²) in [5, 5.41) is 12.7. The minimum atomic E-state index is -0.997. The molecule has 2 aliphatic rings. The normalized spacial score (nSPS) is 20.2. The summed E-state index contributed by atoms with van der Waals surface area (Å²) >= 11 is 1.40. The number of carbonyl (C=O) groups excluding carboxylic acids is 1. The van der Waals surface area contributed by atoms with Crippen molar-refractivity contribution >= 4 is 23.2 Å². The topological polar surface area (TPSA) is 66.8 Å². The van der Waals surface area contributed by atoms with Crippen LogP contribution in [0.3, 0.4) is 0 Å². The number of methoxy groups -OCH3 is 1. The average molecular weight is 349 g/mol. The van der Waals surface area contributed by atoms with Crippen molar-refractivity contribution in [3.8, 4) is 0 Å². The van der Waals surface area contributed by atoms with Gasteiger partial charge in [0.05, 0.1) is 25.1 Å². The molecule has 0 radical (unpaired) electrons. The highest BCUT2D eigenvalue weighted by Crippen LogP contribution is 2.43. The number of carboxylic acids is 1. The van der Waals surface area contributed by atoms with E-state index in [4.69, 9.17) is 4.74 Å². The van der Waals surface area contributed by atoms with E-state index in [2.05, 4.69) is 0 Å². The molecule has 0 bridgehead atoms. The van der Waals surface area contributed by atoms with E-state index in [1.165, 1.54) is 29.4 Å². The summed E-state index contributed by atoms with van der Waals surface area (Å²) in [6, 6.07) is 1.17. The Morgan fingerprint density at radius 1 is 1.50 bits per heavy atom. The molecule has 1 aromatic rings. The number of hydrogen-bond donors (Lipinski definition) is 1. The Labute approximate surface area is 142 Å². The maximum Gasteiger partial charge on any atom is 0.307 e. The predicted octanol–water partition coefficient (Wildman–Crippen LogP) is 3.48. The fourth-order valence-corrected chi connectivity index (χ4v) is 3.80. The summed E-state index contributed by atoms with van der Waals surface area (Å²) in [6.45, 7) is 1.70. The summed E-state index contributed by atoms with van der Waals surface area (Å²) < 4.78 is 19.2. The van der Waals surface area contributed by atoms with Crippen molar-refractivity contribution in [3.05, 3.63) is 56.9 Å². The van der Waals surface area contributed by atoms with Gasteiger partial charge in [-0.15, -0.1) is 0 Å². The molecule has 0 spiro atoms. The average Bonchev–Trinajstić information content (AvgIpc) is 3.14. The summed E-state index contributed by atoms with van der Waals surface area (Å²) in [6.07, 6.45) is 1.26. The maximum absolute atomic E-state index is 14.2. The van der Waals surface area contributed by atoms with E-state index in [-0.39, 0.29) is 24.5 Å². The molecule has 3 rings (SSSR count). The van der Waals surface area contributed by atoms with Crippen molar-refractivity contribution in [2.75, 3.05) is 7.11 Å². The number of thiophene rings is 1. The van der Waals surface area contributed by atoms with Crippen LogP contribution in [-0.2, 0) is 9.53 Å². The summed E-state index contributed by atoms with van der Waals surface area (Å²) in [5.41, 5.74) is 2.24. The van der Waals surface area contributed by atoms with E-state index >= 15 is 0 Å². The summed E-state index contributed by atoms with van der Waals surface area (Å²) in [7, 11) is 1.36. The number of amides is 1. The largest absolute Gasteiger partial charge is 0.494 e. The van der Waals surface area contributed by atoms with Crippen LogP contribution >= 0.6 is 11.3 Å². The minimum Gasteiger partial charge on any atom is -0.494 e. The number of halogens is 1. The second-order valence-corrected chi connectivity index (χ2v) is 6.39. The monoisotopic (exact) mass is 349 g/mol. The van der Waals surface area contributed by atoms with Gasteiger partial charge in [0.2, 0.25) is 0 Å². The Bertz CT molecular complexity index is 792. The molecule has 7 heteroatoms. The number of hydrogen-bond acceptors (Lipinski definition) is 4. The van der Waals surface area contributed by atoms with Crippen LogP contribution in [0.2, 0.25) is 0 Å².